The summed E-state index contributed by atoms with van der Waals surface area (Å²) in [5.74, 6) is -0.167. The molecule has 19 heavy (non-hydrogen) atoms. The molecule has 2 rings (SSSR count). The van der Waals surface area contributed by atoms with Crippen LogP contribution >= 0.6 is 0 Å². The van der Waals surface area contributed by atoms with Gasteiger partial charge in [0, 0.05) is 17.3 Å². The van der Waals surface area contributed by atoms with E-state index < -0.39 is 0 Å². The van der Waals surface area contributed by atoms with E-state index in [1.54, 1.807) is 25.3 Å². The molecule has 1 aromatic carbocycles. The van der Waals surface area contributed by atoms with Gasteiger partial charge >= 0.3 is 0 Å². The van der Waals surface area contributed by atoms with E-state index in [0.717, 1.165) is 22.4 Å². The molecule has 0 aliphatic rings. The van der Waals surface area contributed by atoms with Crippen molar-refractivity contribution in [2.75, 3.05) is 0 Å². The second-order valence-electron chi connectivity index (χ2n) is 4.80. The molecule has 0 aliphatic heterocycles. The minimum absolute atomic E-state index is 0.167. The van der Waals surface area contributed by atoms with Crippen LogP contribution in [0, 0.1) is 19.7 Å². The second-order valence-corrected chi connectivity index (χ2v) is 4.80. The normalized spacial score (nSPS) is 11.7. The lowest BCUT2D eigenvalue weighted by Crippen LogP contribution is -1.94. The Bertz CT molecular complexity index is 642. The predicted molar refractivity (Wildman–Crippen MR) is 78.4 cm³/mol. The minimum Gasteiger partial charge on any atom is -0.256 e. The van der Waals surface area contributed by atoms with Crippen molar-refractivity contribution in [3.8, 4) is 11.1 Å². The van der Waals surface area contributed by atoms with Crippen molar-refractivity contribution in [2.24, 2.45) is 0 Å². The SMILES string of the molecule is C/C=C(/C)c1ncc(-c2cccc(C)c2F)cc1C. The highest BCUT2D eigenvalue weighted by Crippen LogP contribution is 2.27. The summed E-state index contributed by atoms with van der Waals surface area (Å²) in [6.07, 6.45) is 3.77. The van der Waals surface area contributed by atoms with Crippen molar-refractivity contribution in [3.63, 3.8) is 0 Å². The van der Waals surface area contributed by atoms with Crippen molar-refractivity contribution in [2.45, 2.75) is 27.7 Å². The van der Waals surface area contributed by atoms with Gasteiger partial charge in [0.05, 0.1) is 5.69 Å². The summed E-state index contributed by atoms with van der Waals surface area (Å²) in [6.45, 7) is 7.80. The van der Waals surface area contributed by atoms with Gasteiger partial charge in [0.1, 0.15) is 5.82 Å². The molecule has 0 saturated carbocycles. The van der Waals surface area contributed by atoms with Gasteiger partial charge in [0.2, 0.25) is 0 Å². The Morgan fingerprint density at radius 3 is 2.58 bits per heavy atom. The highest BCUT2D eigenvalue weighted by Gasteiger charge is 2.10. The smallest absolute Gasteiger partial charge is 0.133 e. The predicted octanol–water partition coefficient (Wildman–Crippen LogP) is 4.93. The fraction of sp³-hybridized carbons (Fsp3) is 0.235. The first-order valence-corrected chi connectivity index (χ1v) is 6.40. The van der Waals surface area contributed by atoms with Crippen LogP contribution in [0.25, 0.3) is 16.7 Å². The van der Waals surface area contributed by atoms with E-state index in [4.69, 9.17) is 0 Å². The Morgan fingerprint density at radius 2 is 1.95 bits per heavy atom. The number of allylic oxidation sites excluding steroid dienone is 2. The molecule has 0 unspecified atom stereocenters. The zero-order valence-corrected chi connectivity index (χ0v) is 11.8. The molecule has 0 bridgehead atoms. The number of hydrogen-bond donors (Lipinski definition) is 0. The molecule has 2 heteroatoms. The number of aryl methyl sites for hydroxylation is 2. The van der Waals surface area contributed by atoms with Crippen molar-refractivity contribution in [1.82, 2.24) is 4.98 Å². The molecule has 0 saturated heterocycles. The van der Waals surface area contributed by atoms with Crippen molar-refractivity contribution in [1.29, 1.82) is 0 Å². The number of rotatable bonds is 2. The lowest BCUT2D eigenvalue weighted by atomic mass is 10.0. The molecule has 2 aromatic rings. The maximum Gasteiger partial charge on any atom is 0.133 e. The van der Waals surface area contributed by atoms with E-state index in [-0.39, 0.29) is 5.82 Å². The van der Waals surface area contributed by atoms with Gasteiger partial charge in [-0.3, -0.25) is 4.98 Å². The van der Waals surface area contributed by atoms with Crippen LogP contribution < -0.4 is 0 Å². The zero-order chi connectivity index (χ0) is 14.0. The summed E-state index contributed by atoms with van der Waals surface area (Å²) in [4.78, 5) is 4.46. The largest absolute Gasteiger partial charge is 0.256 e. The van der Waals surface area contributed by atoms with Crippen molar-refractivity contribution >= 4 is 5.57 Å². The third-order valence-electron chi connectivity index (χ3n) is 3.39. The first-order chi connectivity index (χ1) is 9.04. The summed E-state index contributed by atoms with van der Waals surface area (Å²) in [5, 5.41) is 0. The summed E-state index contributed by atoms with van der Waals surface area (Å²) in [5.41, 5.74) is 5.26. The standard InChI is InChI=1S/C17H18FN/c1-5-11(2)17-13(4)9-14(10-19-17)15-8-6-7-12(3)16(15)18/h5-10H,1-4H3/b11-5-. The van der Waals surface area contributed by atoms with Crippen molar-refractivity contribution in [3.05, 3.63) is 59.2 Å². The number of aromatic nitrogens is 1. The molecular formula is C17H18FN. The maximum absolute atomic E-state index is 14.1. The van der Waals surface area contributed by atoms with Gasteiger partial charge in [0.15, 0.2) is 0 Å². The first-order valence-electron chi connectivity index (χ1n) is 6.40. The molecule has 0 aliphatic carbocycles. The fourth-order valence-corrected chi connectivity index (χ4v) is 2.14. The van der Waals surface area contributed by atoms with E-state index >= 15 is 0 Å². The quantitative estimate of drug-likeness (QED) is 0.741. The molecule has 98 valence electrons. The molecular weight excluding hydrogens is 237 g/mol. The monoisotopic (exact) mass is 255 g/mol. The Balaban J connectivity index is 2.54. The lowest BCUT2D eigenvalue weighted by Gasteiger charge is -2.09. The zero-order valence-electron chi connectivity index (χ0n) is 11.8. The number of pyridine rings is 1. The second kappa shape index (κ2) is 5.35. The molecule has 0 fully saturated rings. The highest BCUT2D eigenvalue weighted by atomic mass is 19.1. The molecule has 0 spiro atoms. The Hall–Kier alpha value is -1.96. The van der Waals surface area contributed by atoms with Gasteiger partial charge in [-0.2, -0.15) is 0 Å². The van der Waals surface area contributed by atoms with Gasteiger partial charge < -0.3 is 0 Å². The van der Waals surface area contributed by atoms with Crippen LogP contribution in [0.4, 0.5) is 4.39 Å². The lowest BCUT2D eigenvalue weighted by molar-refractivity contribution is 0.622. The van der Waals surface area contributed by atoms with E-state index in [1.165, 1.54) is 0 Å². The maximum atomic E-state index is 14.1. The average Bonchev–Trinajstić information content (AvgIpc) is 2.41. The van der Waals surface area contributed by atoms with Crippen LogP contribution in [0.5, 0.6) is 0 Å². The summed E-state index contributed by atoms with van der Waals surface area (Å²) in [7, 11) is 0. The van der Waals surface area contributed by atoms with E-state index in [2.05, 4.69) is 4.98 Å². The average molecular weight is 255 g/mol. The fourth-order valence-electron chi connectivity index (χ4n) is 2.14. The van der Waals surface area contributed by atoms with Crippen LogP contribution in [0.2, 0.25) is 0 Å². The molecule has 1 aromatic heterocycles. The number of nitrogens with zero attached hydrogens (tertiary/aromatic N) is 1. The Morgan fingerprint density at radius 1 is 1.21 bits per heavy atom. The number of halogens is 1. The minimum atomic E-state index is -0.167. The molecule has 0 atom stereocenters. The molecule has 1 heterocycles. The third kappa shape index (κ3) is 2.58. The van der Waals surface area contributed by atoms with Gasteiger partial charge in [-0.1, -0.05) is 24.3 Å². The van der Waals surface area contributed by atoms with Crippen LogP contribution in [-0.4, -0.2) is 4.98 Å². The van der Waals surface area contributed by atoms with E-state index in [0.29, 0.717) is 11.1 Å². The van der Waals surface area contributed by atoms with Crippen molar-refractivity contribution < 1.29 is 4.39 Å². The van der Waals surface area contributed by atoms with Crippen LogP contribution in [0.1, 0.15) is 30.7 Å². The summed E-state index contributed by atoms with van der Waals surface area (Å²) in [6, 6.07) is 7.43. The van der Waals surface area contributed by atoms with Gasteiger partial charge in [-0.05, 0) is 50.5 Å². The van der Waals surface area contributed by atoms with Gasteiger partial charge in [-0.15, -0.1) is 0 Å². The van der Waals surface area contributed by atoms with Gasteiger partial charge in [0.25, 0.3) is 0 Å². The van der Waals surface area contributed by atoms with Crippen LogP contribution in [-0.2, 0) is 0 Å². The van der Waals surface area contributed by atoms with Crippen LogP contribution in [0.15, 0.2) is 36.5 Å². The molecule has 0 amide bonds. The number of hydrogen-bond acceptors (Lipinski definition) is 1. The Kier molecular flexibility index (Phi) is 3.79. The van der Waals surface area contributed by atoms with Crippen LogP contribution in [0.3, 0.4) is 0 Å². The number of benzene rings is 1. The van der Waals surface area contributed by atoms with Gasteiger partial charge in [-0.25, -0.2) is 4.39 Å². The van der Waals surface area contributed by atoms with E-state index in [1.807, 2.05) is 39.0 Å². The summed E-state index contributed by atoms with van der Waals surface area (Å²) >= 11 is 0. The molecule has 0 N–H and O–H groups in total. The topological polar surface area (TPSA) is 12.9 Å². The highest BCUT2D eigenvalue weighted by molar-refractivity contribution is 5.69. The molecule has 1 nitrogen and oxygen atoms in total. The first kappa shape index (κ1) is 13.5. The third-order valence-corrected chi connectivity index (χ3v) is 3.39. The Labute approximate surface area is 113 Å². The molecule has 0 radical (unpaired) electrons. The van der Waals surface area contributed by atoms with E-state index in [9.17, 15) is 4.39 Å². The summed E-state index contributed by atoms with van der Waals surface area (Å²) < 4.78 is 14.1.